The Bertz CT molecular complexity index is 800. The molecule has 3 aromatic rings. The molecule has 100 valence electrons. The van der Waals surface area contributed by atoms with Gasteiger partial charge in [0.05, 0.1) is 16.6 Å². The van der Waals surface area contributed by atoms with E-state index >= 15 is 0 Å². The largest absolute Gasteiger partial charge is 0.450 e. The van der Waals surface area contributed by atoms with Gasteiger partial charge in [0.1, 0.15) is 11.6 Å². The zero-order chi connectivity index (χ0) is 14.1. The third-order valence-electron chi connectivity index (χ3n) is 2.74. The van der Waals surface area contributed by atoms with E-state index in [0.29, 0.717) is 10.9 Å². The molecular formula is C13H8FN3O3. The summed E-state index contributed by atoms with van der Waals surface area (Å²) in [6.07, 6.45) is 1.48. The van der Waals surface area contributed by atoms with Gasteiger partial charge in [-0.3, -0.25) is 15.2 Å². The second-order valence-electron chi connectivity index (χ2n) is 4.09. The minimum atomic E-state index is -0.554. The lowest BCUT2D eigenvalue weighted by atomic mass is 10.2. The first-order valence-electron chi connectivity index (χ1n) is 5.68. The number of hydrogen-bond acceptors (Lipinski definition) is 4. The normalized spacial score (nSPS) is 10.7. The molecular weight excluding hydrogens is 265 g/mol. The molecule has 0 aliphatic carbocycles. The van der Waals surface area contributed by atoms with Crippen LogP contribution in [0.25, 0.3) is 10.9 Å². The van der Waals surface area contributed by atoms with Gasteiger partial charge in [-0.1, -0.05) is 6.07 Å². The first kappa shape index (κ1) is 12.1. The van der Waals surface area contributed by atoms with Crippen LogP contribution in [0.1, 0.15) is 0 Å². The van der Waals surface area contributed by atoms with E-state index in [1.807, 2.05) is 0 Å². The molecule has 2 aromatic carbocycles. The molecule has 0 aliphatic heterocycles. The van der Waals surface area contributed by atoms with Gasteiger partial charge >= 0.3 is 5.69 Å². The van der Waals surface area contributed by atoms with Crippen molar-refractivity contribution in [2.24, 2.45) is 0 Å². The number of hydrogen-bond donors (Lipinski definition) is 1. The highest BCUT2D eigenvalue weighted by Crippen LogP contribution is 2.34. The van der Waals surface area contributed by atoms with Gasteiger partial charge in [0.15, 0.2) is 0 Å². The molecule has 0 saturated heterocycles. The second-order valence-corrected chi connectivity index (χ2v) is 4.09. The zero-order valence-corrected chi connectivity index (χ0v) is 10.0. The van der Waals surface area contributed by atoms with Gasteiger partial charge in [0.25, 0.3) is 0 Å². The van der Waals surface area contributed by atoms with E-state index in [2.05, 4.69) is 10.2 Å². The van der Waals surface area contributed by atoms with Crippen molar-refractivity contribution in [3.63, 3.8) is 0 Å². The van der Waals surface area contributed by atoms with Crippen LogP contribution >= 0.6 is 0 Å². The van der Waals surface area contributed by atoms with E-state index < -0.39 is 10.7 Å². The van der Waals surface area contributed by atoms with Crippen LogP contribution < -0.4 is 4.74 Å². The van der Waals surface area contributed by atoms with Gasteiger partial charge in [0.2, 0.25) is 5.75 Å². The number of aromatic nitrogens is 2. The summed E-state index contributed by atoms with van der Waals surface area (Å²) in [5.74, 6) is -0.267. The number of nitrogens with zero attached hydrogens (tertiary/aromatic N) is 2. The number of benzene rings is 2. The molecule has 0 saturated carbocycles. The Morgan fingerprint density at radius 1 is 1.30 bits per heavy atom. The average Bonchev–Trinajstić information content (AvgIpc) is 2.84. The Labute approximate surface area is 111 Å². The molecule has 6 nitrogen and oxygen atoms in total. The number of halogens is 1. The van der Waals surface area contributed by atoms with Crippen molar-refractivity contribution >= 4 is 16.6 Å². The molecule has 0 atom stereocenters. The van der Waals surface area contributed by atoms with Crippen molar-refractivity contribution in [3.8, 4) is 11.5 Å². The maximum atomic E-state index is 13.1. The zero-order valence-electron chi connectivity index (χ0n) is 10.0. The van der Waals surface area contributed by atoms with Gasteiger partial charge in [-0.15, -0.1) is 0 Å². The Morgan fingerprint density at radius 2 is 2.15 bits per heavy atom. The van der Waals surface area contributed by atoms with Gasteiger partial charge in [-0.25, -0.2) is 4.39 Å². The van der Waals surface area contributed by atoms with Gasteiger partial charge < -0.3 is 4.74 Å². The number of ether oxygens (including phenoxy) is 1. The number of H-pyrrole nitrogens is 1. The average molecular weight is 273 g/mol. The number of fused-ring (bicyclic) bond motifs is 1. The van der Waals surface area contributed by atoms with E-state index in [1.54, 1.807) is 0 Å². The fourth-order valence-corrected chi connectivity index (χ4v) is 1.84. The monoisotopic (exact) mass is 273 g/mol. The smallest absolute Gasteiger partial charge is 0.312 e. The number of aromatic amines is 1. The van der Waals surface area contributed by atoms with Crippen LogP contribution in [-0.2, 0) is 0 Å². The Morgan fingerprint density at radius 3 is 2.90 bits per heavy atom. The molecule has 0 bridgehead atoms. The standard InChI is InChI=1S/C13H8FN3O3/c14-9-2-1-3-10(5-9)20-13-6-11-8(7-15-16-11)4-12(13)17(18)19/h1-7H,(H,15,16). The summed E-state index contributed by atoms with van der Waals surface area (Å²) in [7, 11) is 0. The molecule has 7 heteroatoms. The lowest BCUT2D eigenvalue weighted by Gasteiger charge is -2.06. The maximum absolute atomic E-state index is 13.1. The second kappa shape index (κ2) is 4.61. The van der Waals surface area contributed by atoms with Crippen molar-refractivity contribution < 1.29 is 14.1 Å². The van der Waals surface area contributed by atoms with Crippen molar-refractivity contribution in [2.75, 3.05) is 0 Å². The quantitative estimate of drug-likeness (QED) is 0.585. The summed E-state index contributed by atoms with van der Waals surface area (Å²) >= 11 is 0. The highest BCUT2D eigenvalue weighted by atomic mass is 19.1. The summed E-state index contributed by atoms with van der Waals surface area (Å²) < 4.78 is 18.5. The minimum absolute atomic E-state index is 0.0253. The van der Waals surface area contributed by atoms with E-state index in [0.717, 1.165) is 6.07 Å². The summed E-state index contributed by atoms with van der Waals surface area (Å²) in [6.45, 7) is 0. The van der Waals surface area contributed by atoms with Gasteiger partial charge in [-0.2, -0.15) is 5.10 Å². The van der Waals surface area contributed by atoms with Crippen molar-refractivity contribution in [3.05, 3.63) is 58.5 Å². The fourth-order valence-electron chi connectivity index (χ4n) is 1.84. The van der Waals surface area contributed by atoms with E-state index in [-0.39, 0.29) is 17.2 Å². The first-order chi connectivity index (χ1) is 9.63. The number of rotatable bonds is 3. The highest BCUT2D eigenvalue weighted by Gasteiger charge is 2.18. The molecule has 0 spiro atoms. The van der Waals surface area contributed by atoms with Crippen LogP contribution in [0.5, 0.6) is 11.5 Å². The molecule has 3 rings (SSSR count). The van der Waals surface area contributed by atoms with E-state index in [9.17, 15) is 14.5 Å². The molecule has 0 aliphatic rings. The summed E-state index contributed by atoms with van der Waals surface area (Å²) in [5, 5.41) is 18.2. The highest BCUT2D eigenvalue weighted by molar-refractivity contribution is 5.83. The first-order valence-corrected chi connectivity index (χ1v) is 5.68. The lowest BCUT2D eigenvalue weighted by molar-refractivity contribution is -0.385. The van der Waals surface area contributed by atoms with E-state index in [1.165, 1.54) is 36.5 Å². The van der Waals surface area contributed by atoms with Crippen LogP contribution in [0.2, 0.25) is 0 Å². The van der Waals surface area contributed by atoms with Crippen molar-refractivity contribution in [1.29, 1.82) is 0 Å². The molecule has 0 radical (unpaired) electrons. The SMILES string of the molecule is O=[N+]([O-])c1cc2cn[nH]c2cc1Oc1cccc(F)c1. The van der Waals surface area contributed by atoms with Crippen molar-refractivity contribution in [1.82, 2.24) is 10.2 Å². The number of nitro benzene ring substituents is 1. The minimum Gasteiger partial charge on any atom is -0.450 e. The molecule has 1 aromatic heterocycles. The third-order valence-corrected chi connectivity index (χ3v) is 2.74. The number of nitrogens with one attached hydrogen (secondary N) is 1. The Kier molecular flexibility index (Phi) is 2.79. The molecule has 20 heavy (non-hydrogen) atoms. The van der Waals surface area contributed by atoms with Crippen LogP contribution in [0.3, 0.4) is 0 Å². The van der Waals surface area contributed by atoms with Crippen molar-refractivity contribution in [2.45, 2.75) is 0 Å². The van der Waals surface area contributed by atoms with E-state index in [4.69, 9.17) is 4.74 Å². The summed E-state index contributed by atoms with van der Waals surface area (Å²) in [4.78, 5) is 10.5. The predicted octanol–water partition coefficient (Wildman–Crippen LogP) is 3.40. The van der Waals surface area contributed by atoms with Gasteiger partial charge in [0, 0.05) is 23.6 Å². The molecule has 1 N–H and O–H groups in total. The van der Waals surface area contributed by atoms with Crippen LogP contribution in [0.4, 0.5) is 10.1 Å². The number of nitro groups is 1. The lowest BCUT2D eigenvalue weighted by Crippen LogP contribution is -1.94. The maximum Gasteiger partial charge on any atom is 0.312 e. The third kappa shape index (κ3) is 2.16. The molecule has 1 heterocycles. The van der Waals surface area contributed by atoms with Crippen LogP contribution in [0, 0.1) is 15.9 Å². The van der Waals surface area contributed by atoms with Gasteiger partial charge in [-0.05, 0) is 12.1 Å². The predicted molar refractivity (Wildman–Crippen MR) is 69.2 cm³/mol. The summed E-state index contributed by atoms with van der Waals surface area (Å²) in [6, 6.07) is 8.22. The molecule has 0 unspecified atom stereocenters. The summed E-state index contributed by atoms with van der Waals surface area (Å²) in [5.41, 5.74) is 0.394. The molecule has 0 fully saturated rings. The molecule has 0 amide bonds. The van der Waals surface area contributed by atoms with Crippen LogP contribution in [-0.4, -0.2) is 15.1 Å². The Hall–Kier alpha value is -2.96. The Balaban J connectivity index is 2.09. The fraction of sp³-hybridized carbons (Fsp3) is 0. The van der Waals surface area contributed by atoms with Crippen LogP contribution in [0.15, 0.2) is 42.6 Å². The topological polar surface area (TPSA) is 81.0 Å².